The number of sulfonamides is 1. The Morgan fingerprint density at radius 1 is 1.48 bits per heavy atom. The van der Waals surface area contributed by atoms with Crippen LogP contribution in [0, 0.1) is 5.41 Å². The van der Waals surface area contributed by atoms with Gasteiger partial charge < -0.3 is 15.6 Å². The number of rotatable bonds is 6. The van der Waals surface area contributed by atoms with Crippen LogP contribution in [0.1, 0.15) is 23.2 Å². The molecular weight excluding hydrogens is 296 g/mol. The molecule has 0 radical (unpaired) electrons. The average molecular weight is 314 g/mol. The van der Waals surface area contributed by atoms with Crippen molar-refractivity contribution in [2.75, 3.05) is 26.0 Å². The highest BCUT2D eigenvalue weighted by atomic mass is 32.2. The van der Waals surface area contributed by atoms with Gasteiger partial charge in [0.2, 0.25) is 10.0 Å². The smallest absolute Gasteiger partial charge is 0.337 e. The van der Waals surface area contributed by atoms with Gasteiger partial charge in [-0.15, -0.1) is 0 Å². The Bertz CT molecular complexity index is 653. The molecule has 0 atom stereocenters. The second-order valence-corrected chi connectivity index (χ2v) is 6.96. The number of nitrogens with two attached hydrogens (primary N) is 1. The quantitative estimate of drug-likeness (QED) is 0.506. The van der Waals surface area contributed by atoms with Crippen LogP contribution in [0.4, 0.5) is 5.69 Å². The van der Waals surface area contributed by atoms with Crippen molar-refractivity contribution < 1.29 is 23.1 Å². The van der Waals surface area contributed by atoms with E-state index < -0.39 is 16.0 Å². The van der Waals surface area contributed by atoms with Crippen LogP contribution in [0.5, 0.6) is 0 Å². The lowest BCUT2D eigenvalue weighted by Crippen LogP contribution is -2.32. The lowest BCUT2D eigenvalue weighted by molar-refractivity contribution is 0.0600. The number of ether oxygens (including phenoxy) is 1. The van der Waals surface area contributed by atoms with Crippen LogP contribution >= 0.6 is 0 Å². The number of hydrogen-bond acceptors (Lipinski definition) is 6. The molecule has 0 aliphatic heterocycles. The number of aliphatic hydroxyl groups is 1. The Hall–Kier alpha value is -1.64. The summed E-state index contributed by atoms with van der Waals surface area (Å²) < 4.78 is 31.4. The SMILES string of the molecule is COC(=O)c1ccc(S(=O)(=O)NCC2(CO)CC2)c(N)c1. The highest BCUT2D eigenvalue weighted by Gasteiger charge is 2.42. The summed E-state index contributed by atoms with van der Waals surface area (Å²) in [6, 6.07) is 3.87. The van der Waals surface area contributed by atoms with Crippen LogP contribution in [0.25, 0.3) is 0 Å². The normalized spacial score (nSPS) is 16.5. The molecule has 0 saturated heterocycles. The number of carbonyl (C=O) groups is 1. The molecule has 1 aliphatic rings. The van der Waals surface area contributed by atoms with E-state index in [0.717, 1.165) is 12.8 Å². The van der Waals surface area contributed by atoms with Gasteiger partial charge in [-0.25, -0.2) is 17.9 Å². The summed E-state index contributed by atoms with van der Waals surface area (Å²) in [6.45, 7) is 0.121. The van der Waals surface area contributed by atoms with E-state index in [1.807, 2.05) is 0 Å². The zero-order chi connectivity index (χ0) is 15.7. The van der Waals surface area contributed by atoms with Gasteiger partial charge in [-0.05, 0) is 31.0 Å². The summed E-state index contributed by atoms with van der Waals surface area (Å²) in [5.74, 6) is -0.587. The third-order valence-corrected chi connectivity index (χ3v) is 5.13. The maximum Gasteiger partial charge on any atom is 0.337 e. The maximum atomic E-state index is 12.2. The number of benzene rings is 1. The van der Waals surface area contributed by atoms with E-state index in [4.69, 9.17) is 5.73 Å². The van der Waals surface area contributed by atoms with Gasteiger partial charge in [-0.3, -0.25) is 0 Å². The first-order valence-corrected chi connectivity index (χ1v) is 7.90. The Balaban J connectivity index is 2.18. The second kappa shape index (κ2) is 5.63. The van der Waals surface area contributed by atoms with Gasteiger partial charge in [0.1, 0.15) is 4.90 Å². The van der Waals surface area contributed by atoms with Crippen molar-refractivity contribution in [3.63, 3.8) is 0 Å². The predicted molar refractivity (Wildman–Crippen MR) is 76.1 cm³/mol. The van der Waals surface area contributed by atoms with Crippen molar-refractivity contribution >= 4 is 21.7 Å². The molecule has 0 heterocycles. The van der Waals surface area contributed by atoms with Crippen LogP contribution in [-0.4, -0.2) is 39.8 Å². The van der Waals surface area contributed by atoms with Crippen molar-refractivity contribution in [1.29, 1.82) is 0 Å². The van der Waals surface area contributed by atoms with Crippen LogP contribution < -0.4 is 10.5 Å². The third-order valence-electron chi connectivity index (χ3n) is 3.65. The number of nitrogen functional groups attached to an aromatic ring is 1. The van der Waals surface area contributed by atoms with Crippen molar-refractivity contribution in [2.24, 2.45) is 5.41 Å². The van der Waals surface area contributed by atoms with E-state index in [9.17, 15) is 18.3 Å². The number of anilines is 1. The van der Waals surface area contributed by atoms with Gasteiger partial charge in [-0.2, -0.15) is 0 Å². The van der Waals surface area contributed by atoms with E-state index in [2.05, 4.69) is 9.46 Å². The molecular formula is C13H18N2O5S. The molecule has 2 rings (SSSR count). The fraction of sp³-hybridized carbons (Fsp3) is 0.462. The highest BCUT2D eigenvalue weighted by molar-refractivity contribution is 7.89. The molecule has 0 aromatic heterocycles. The minimum absolute atomic E-state index is 0.0285. The van der Waals surface area contributed by atoms with Crippen LogP contribution in [-0.2, 0) is 14.8 Å². The number of methoxy groups -OCH3 is 1. The Morgan fingerprint density at radius 3 is 2.62 bits per heavy atom. The number of nitrogens with one attached hydrogen (secondary N) is 1. The summed E-state index contributed by atoms with van der Waals surface area (Å²) in [4.78, 5) is 11.3. The summed E-state index contributed by atoms with van der Waals surface area (Å²) in [6.07, 6.45) is 1.59. The minimum atomic E-state index is -3.78. The first-order chi connectivity index (χ1) is 9.83. The first kappa shape index (κ1) is 15.7. The molecule has 8 heteroatoms. The van der Waals surface area contributed by atoms with E-state index in [1.54, 1.807) is 0 Å². The maximum absolute atomic E-state index is 12.2. The van der Waals surface area contributed by atoms with E-state index in [1.165, 1.54) is 25.3 Å². The molecule has 1 aliphatic carbocycles. The number of aliphatic hydroxyl groups excluding tert-OH is 1. The van der Waals surface area contributed by atoms with E-state index in [0.29, 0.717) is 0 Å². The van der Waals surface area contributed by atoms with Gasteiger partial charge in [0, 0.05) is 18.6 Å². The largest absolute Gasteiger partial charge is 0.465 e. The number of carbonyl (C=O) groups excluding carboxylic acids is 1. The molecule has 1 fully saturated rings. The van der Waals surface area contributed by atoms with Gasteiger partial charge in [0.25, 0.3) is 0 Å². The molecule has 4 N–H and O–H groups in total. The van der Waals surface area contributed by atoms with Crippen molar-refractivity contribution in [3.05, 3.63) is 23.8 Å². The lowest BCUT2D eigenvalue weighted by atomic mass is 10.1. The lowest BCUT2D eigenvalue weighted by Gasteiger charge is -2.14. The molecule has 7 nitrogen and oxygen atoms in total. The molecule has 1 aromatic rings. The topological polar surface area (TPSA) is 119 Å². The minimum Gasteiger partial charge on any atom is -0.465 e. The summed E-state index contributed by atoms with van der Waals surface area (Å²) in [7, 11) is -2.55. The van der Waals surface area contributed by atoms with E-state index >= 15 is 0 Å². The molecule has 0 unspecified atom stereocenters. The fourth-order valence-corrected chi connectivity index (χ4v) is 3.20. The van der Waals surface area contributed by atoms with Gasteiger partial charge in [-0.1, -0.05) is 0 Å². The Morgan fingerprint density at radius 2 is 2.14 bits per heavy atom. The van der Waals surface area contributed by atoms with Crippen LogP contribution in [0.2, 0.25) is 0 Å². The first-order valence-electron chi connectivity index (χ1n) is 6.42. The summed E-state index contributed by atoms with van der Waals surface area (Å²) in [5, 5.41) is 9.19. The van der Waals surface area contributed by atoms with Crippen molar-refractivity contribution in [3.8, 4) is 0 Å². The zero-order valence-corrected chi connectivity index (χ0v) is 12.4. The van der Waals surface area contributed by atoms with Crippen molar-refractivity contribution in [1.82, 2.24) is 4.72 Å². The Kier molecular flexibility index (Phi) is 4.22. The molecule has 116 valence electrons. The third kappa shape index (κ3) is 3.34. The van der Waals surface area contributed by atoms with Crippen LogP contribution in [0.15, 0.2) is 23.1 Å². The number of hydrogen-bond donors (Lipinski definition) is 3. The Labute approximate surface area is 123 Å². The fourth-order valence-electron chi connectivity index (χ4n) is 1.93. The molecule has 1 saturated carbocycles. The summed E-state index contributed by atoms with van der Waals surface area (Å²) >= 11 is 0. The molecule has 0 amide bonds. The number of esters is 1. The van der Waals surface area contributed by atoms with Gasteiger partial charge in [0.05, 0.1) is 18.4 Å². The average Bonchev–Trinajstić information content (AvgIpc) is 3.24. The molecule has 0 bridgehead atoms. The molecule has 1 aromatic carbocycles. The van der Waals surface area contributed by atoms with E-state index in [-0.39, 0.29) is 34.7 Å². The molecule has 21 heavy (non-hydrogen) atoms. The van der Waals surface area contributed by atoms with Crippen LogP contribution in [0.3, 0.4) is 0 Å². The molecule has 0 spiro atoms. The monoisotopic (exact) mass is 314 g/mol. The standard InChI is InChI=1S/C13H18N2O5S/c1-20-12(17)9-2-3-11(10(14)6-9)21(18,19)15-7-13(8-16)4-5-13/h2-3,6,15-16H,4-5,7-8,14H2,1H3. The predicted octanol–water partition coefficient (Wildman–Crippen LogP) is 0.106. The van der Waals surface area contributed by atoms with Gasteiger partial charge in [0.15, 0.2) is 0 Å². The second-order valence-electron chi connectivity index (χ2n) is 5.23. The zero-order valence-electron chi connectivity index (χ0n) is 11.6. The van der Waals surface area contributed by atoms with Gasteiger partial charge >= 0.3 is 5.97 Å². The summed E-state index contributed by atoms with van der Waals surface area (Å²) in [5.41, 5.74) is 5.53. The van der Waals surface area contributed by atoms with Crippen molar-refractivity contribution in [2.45, 2.75) is 17.7 Å². The highest BCUT2D eigenvalue weighted by Crippen LogP contribution is 2.44.